The highest BCUT2D eigenvalue weighted by molar-refractivity contribution is 5.92. The molecule has 1 aromatic carbocycles. The second-order valence-corrected chi connectivity index (χ2v) is 7.39. The first-order valence-corrected chi connectivity index (χ1v) is 9.93. The lowest BCUT2D eigenvalue weighted by Crippen LogP contribution is -2.43. The zero-order valence-electron chi connectivity index (χ0n) is 16.5. The molecule has 0 spiro atoms. The largest absolute Gasteiger partial charge is 0.491 e. The number of ether oxygens (including phenoxy) is 3. The lowest BCUT2D eigenvalue weighted by molar-refractivity contribution is 0.0908. The van der Waals surface area contributed by atoms with Gasteiger partial charge in [0.1, 0.15) is 19.0 Å². The number of fused-ring (bicyclic) bond motifs is 2. The molecule has 156 valence electrons. The summed E-state index contributed by atoms with van der Waals surface area (Å²) in [7, 11) is 0. The molecule has 0 saturated heterocycles. The fourth-order valence-electron chi connectivity index (χ4n) is 3.65. The lowest BCUT2D eigenvalue weighted by atomic mass is 10.0. The number of nitrogens with one attached hydrogen (secondary N) is 1. The molecule has 2 atom stereocenters. The molecule has 0 bridgehead atoms. The van der Waals surface area contributed by atoms with E-state index in [4.69, 9.17) is 19.5 Å². The van der Waals surface area contributed by atoms with Gasteiger partial charge >= 0.3 is 0 Å². The van der Waals surface area contributed by atoms with Crippen LogP contribution in [0.5, 0.6) is 17.5 Å². The van der Waals surface area contributed by atoms with Crippen LogP contribution in [0.25, 0.3) is 0 Å². The quantitative estimate of drug-likeness (QED) is 0.673. The molecule has 0 aliphatic carbocycles. The van der Waals surface area contributed by atoms with E-state index in [1.165, 1.54) is 0 Å². The number of pyridine rings is 1. The van der Waals surface area contributed by atoms with Crippen LogP contribution in [0, 0.1) is 11.3 Å². The second kappa shape index (κ2) is 7.99. The Morgan fingerprint density at radius 2 is 2.26 bits per heavy atom. The van der Waals surface area contributed by atoms with Crippen LogP contribution in [0.2, 0.25) is 0 Å². The summed E-state index contributed by atoms with van der Waals surface area (Å²) in [6, 6.07) is 14.3. The third-order valence-electron chi connectivity index (χ3n) is 5.13. The van der Waals surface area contributed by atoms with Gasteiger partial charge in [-0.3, -0.25) is 4.79 Å². The minimum absolute atomic E-state index is 0.195. The Labute approximate surface area is 178 Å². The highest BCUT2D eigenvalue weighted by Gasteiger charge is 2.29. The van der Waals surface area contributed by atoms with Crippen molar-refractivity contribution < 1.29 is 19.0 Å². The third kappa shape index (κ3) is 4.00. The number of benzene rings is 1. The predicted octanol–water partition coefficient (Wildman–Crippen LogP) is 1.72. The number of nitrogens with zero attached hydrogens (tertiary/aromatic N) is 4. The van der Waals surface area contributed by atoms with Crippen molar-refractivity contribution in [1.29, 1.82) is 5.26 Å². The van der Waals surface area contributed by atoms with Crippen LogP contribution in [0.3, 0.4) is 0 Å². The summed E-state index contributed by atoms with van der Waals surface area (Å²) in [4.78, 5) is 16.8. The molecule has 0 fully saturated rings. The minimum atomic E-state index is -0.291. The molecule has 2 aliphatic rings. The van der Waals surface area contributed by atoms with Gasteiger partial charge in [0.25, 0.3) is 5.91 Å². The van der Waals surface area contributed by atoms with Crippen molar-refractivity contribution in [2.75, 3.05) is 13.2 Å². The van der Waals surface area contributed by atoms with Gasteiger partial charge in [-0.2, -0.15) is 10.4 Å². The minimum Gasteiger partial charge on any atom is -0.491 e. The van der Waals surface area contributed by atoms with E-state index in [1.54, 1.807) is 41.2 Å². The molecule has 2 aliphatic heterocycles. The smallest absolute Gasteiger partial charge is 0.272 e. The van der Waals surface area contributed by atoms with Gasteiger partial charge < -0.3 is 19.5 Å². The van der Waals surface area contributed by atoms with Crippen LogP contribution in [0.15, 0.2) is 48.7 Å². The summed E-state index contributed by atoms with van der Waals surface area (Å²) in [5.41, 5.74) is 1.76. The lowest BCUT2D eigenvalue weighted by Gasteiger charge is -2.26. The van der Waals surface area contributed by atoms with Crippen LogP contribution in [-0.2, 0) is 13.0 Å². The van der Waals surface area contributed by atoms with E-state index in [9.17, 15) is 4.79 Å². The van der Waals surface area contributed by atoms with Crippen molar-refractivity contribution in [1.82, 2.24) is 20.1 Å². The Hall–Kier alpha value is -4.06. The van der Waals surface area contributed by atoms with Crippen molar-refractivity contribution in [3.8, 4) is 23.6 Å². The molecule has 0 saturated carbocycles. The molecule has 1 unspecified atom stereocenters. The molecule has 2 aromatic heterocycles. The van der Waals surface area contributed by atoms with Gasteiger partial charge in [0.2, 0.25) is 11.8 Å². The number of carbonyl (C=O) groups is 1. The van der Waals surface area contributed by atoms with Crippen LogP contribution in [-0.4, -0.2) is 46.0 Å². The highest BCUT2D eigenvalue weighted by atomic mass is 16.5. The van der Waals surface area contributed by atoms with Gasteiger partial charge in [-0.25, -0.2) is 9.67 Å². The van der Waals surface area contributed by atoms with E-state index in [0.29, 0.717) is 43.5 Å². The Kier molecular flexibility index (Phi) is 4.88. The molecular formula is C22H19N5O4. The summed E-state index contributed by atoms with van der Waals surface area (Å²) in [5, 5.41) is 16.4. The molecular weight excluding hydrogens is 398 g/mol. The van der Waals surface area contributed by atoms with Gasteiger partial charge in [-0.1, -0.05) is 6.07 Å². The van der Waals surface area contributed by atoms with Gasteiger partial charge in [0.15, 0.2) is 11.8 Å². The summed E-state index contributed by atoms with van der Waals surface area (Å²) < 4.78 is 18.8. The number of rotatable bonds is 5. The monoisotopic (exact) mass is 417 g/mol. The molecule has 4 heterocycles. The van der Waals surface area contributed by atoms with E-state index in [-0.39, 0.29) is 23.7 Å². The fraction of sp³-hybridized carbons (Fsp3) is 0.273. The number of hydrogen-bond donors (Lipinski definition) is 1. The molecule has 5 rings (SSSR count). The number of aromatic nitrogens is 3. The molecule has 1 N–H and O–H groups in total. The van der Waals surface area contributed by atoms with E-state index in [0.717, 1.165) is 11.3 Å². The van der Waals surface area contributed by atoms with Crippen molar-refractivity contribution in [3.05, 3.63) is 65.5 Å². The van der Waals surface area contributed by atoms with Crippen LogP contribution in [0.1, 0.15) is 21.6 Å². The Balaban J connectivity index is 1.17. The zero-order valence-corrected chi connectivity index (χ0v) is 16.5. The number of hydrogen-bond acceptors (Lipinski definition) is 7. The SMILES string of the molecule is N#Cc1ccc2c(c1)C[C@@H](NC(=O)c1cc3n(n1)CC(COc1ccccn1)O3)CO2. The predicted molar refractivity (Wildman–Crippen MR) is 108 cm³/mol. The summed E-state index contributed by atoms with van der Waals surface area (Å²) >= 11 is 0. The van der Waals surface area contributed by atoms with E-state index in [2.05, 4.69) is 21.5 Å². The average Bonchev–Trinajstić information content (AvgIpc) is 3.37. The molecule has 9 heteroatoms. The van der Waals surface area contributed by atoms with Gasteiger partial charge in [-0.15, -0.1) is 0 Å². The van der Waals surface area contributed by atoms with Crippen LogP contribution >= 0.6 is 0 Å². The second-order valence-electron chi connectivity index (χ2n) is 7.39. The Morgan fingerprint density at radius 1 is 1.32 bits per heavy atom. The fourth-order valence-corrected chi connectivity index (χ4v) is 3.65. The van der Waals surface area contributed by atoms with Crippen LogP contribution in [0.4, 0.5) is 0 Å². The van der Waals surface area contributed by atoms with Gasteiger partial charge in [0, 0.05) is 18.3 Å². The topological polar surface area (TPSA) is 111 Å². The maximum Gasteiger partial charge on any atom is 0.272 e. The average molecular weight is 417 g/mol. The van der Waals surface area contributed by atoms with Gasteiger partial charge in [0.05, 0.1) is 24.2 Å². The normalized spacial score (nSPS) is 18.7. The van der Waals surface area contributed by atoms with Crippen molar-refractivity contribution in [2.24, 2.45) is 0 Å². The van der Waals surface area contributed by atoms with Crippen LogP contribution < -0.4 is 19.5 Å². The van der Waals surface area contributed by atoms with Crippen molar-refractivity contribution in [2.45, 2.75) is 25.1 Å². The van der Waals surface area contributed by atoms with Crippen molar-refractivity contribution in [3.63, 3.8) is 0 Å². The third-order valence-corrected chi connectivity index (χ3v) is 5.13. The molecule has 9 nitrogen and oxygen atoms in total. The first-order valence-electron chi connectivity index (χ1n) is 9.93. The summed E-state index contributed by atoms with van der Waals surface area (Å²) in [5.74, 6) is 1.52. The zero-order chi connectivity index (χ0) is 21.2. The Bertz CT molecular complexity index is 1130. The first kappa shape index (κ1) is 18.9. The number of carbonyl (C=O) groups excluding carboxylic acids is 1. The standard InChI is InChI=1S/C22H19N5O4/c23-10-14-4-5-19-15(7-14)8-16(12-29-19)25-22(28)18-9-21-27(26-18)11-17(31-21)13-30-20-3-1-2-6-24-20/h1-7,9,16-17H,8,11-13H2,(H,25,28)/t16-,17?/m1/s1. The van der Waals surface area contributed by atoms with Gasteiger partial charge in [-0.05, 0) is 36.2 Å². The Morgan fingerprint density at radius 3 is 3.06 bits per heavy atom. The first-order chi connectivity index (χ1) is 15.2. The summed E-state index contributed by atoms with van der Waals surface area (Å²) in [6.45, 7) is 1.19. The molecule has 31 heavy (non-hydrogen) atoms. The summed E-state index contributed by atoms with van der Waals surface area (Å²) in [6.07, 6.45) is 2.06. The molecule has 3 aromatic rings. The molecule has 0 radical (unpaired) electrons. The van der Waals surface area contributed by atoms with E-state index >= 15 is 0 Å². The number of nitriles is 1. The maximum atomic E-state index is 12.7. The highest BCUT2D eigenvalue weighted by Crippen LogP contribution is 2.26. The molecule has 1 amide bonds. The van der Waals surface area contributed by atoms with Crippen molar-refractivity contribution >= 4 is 5.91 Å². The van der Waals surface area contributed by atoms with E-state index < -0.39 is 0 Å². The number of amides is 1. The maximum absolute atomic E-state index is 12.7. The van der Waals surface area contributed by atoms with E-state index in [1.807, 2.05) is 12.1 Å².